The maximum absolute atomic E-state index is 12.7. The van der Waals surface area contributed by atoms with Gasteiger partial charge in [-0.05, 0) is 11.6 Å². The molecule has 0 aromatic carbocycles. The van der Waals surface area contributed by atoms with E-state index in [1.54, 1.807) is 0 Å². The Labute approximate surface area is 91.9 Å². The Morgan fingerprint density at radius 3 is 1.53 bits per heavy atom. The summed E-state index contributed by atoms with van der Waals surface area (Å²) < 4.78 is 98.6. The third kappa shape index (κ3) is 3.09. The van der Waals surface area contributed by atoms with Crippen LogP contribution >= 0.6 is 11.6 Å². The number of ether oxygens (including phenoxy) is 1. The number of carbonyl (C=O) groups is 1. The lowest BCUT2D eigenvalue weighted by Crippen LogP contribution is -2.58. The van der Waals surface area contributed by atoms with Gasteiger partial charge in [-0.1, -0.05) is 0 Å². The number of alkyl halides is 9. The number of aliphatic carboxylic acids is 1. The molecule has 0 saturated heterocycles. The first-order valence-corrected chi connectivity index (χ1v) is 3.66. The summed E-state index contributed by atoms with van der Waals surface area (Å²) in [5.74, 6) is -9.76. The van der Waals surface area contributed by atoms with E-state index in [9.17, 15) is 39.9 Å². The maximum Gasteiger partial charge on any atom is 0.459 e. The van der Waals surface area contributed by atoms with Crippen LogP contribution in [0.25, 0.3) is 0 Å². The van der Waals surface area contributed by atoms with Crippen molar-refractivity contribution in [3.05, 3.63) is 0 Å². The lowest BCUT2D eigenvalue weighted by Gasteiger charge is -2.32. The second-order valence-corrected chi connectivity index (χ2v) is 2.99. The Kier molecular flexibility index (Phi) is 3.92. The molecule has 17 heavy (non-hydrogen) atoms. The van der Waals surface area contributed by atoms with E-state index < -0.39 is 29.5 Å². The maximum atomic E-state index is 12.7. The lowest BCUT2D eigenvalue weighted by atomic mass is 10.3. The zero-order valence-electron chi connectivity index (χ0n) is 7.17. The van der Waals surface area contributed by atoms with Crippen LogP contribution in [0, 0.1) is 0 Å². The van der Waals surface area contributed by atoms with E-state index in [1.807, 2.05) is 4.74 Å². The first-order chi connectivity index (χ1) is 7.15. The Morgan fingerprint density at radius 1 is 1.00 bits per heavy atom. The van der Waals surface area contributed by atoms with Crippen molar-refractivity contribution in [3.8, 4) is 0 Å². The molecule has 0 saturated carbocycles. The highest BCUT2D eigenvalue weighted by Gasteiger charge is 2.76. The smallest absolute Gasteiger partial charge is 0.459 e. The van der Waals surface area contributed by atoms with Crippen LogP contribution < -0.4 is 0 Å². The van der Waals surface area contributed by atoms with Crippen LogP contribution in [0.1, 0.15) is 0 Å². The van der Waals surface area contributed by atoms with Crippen LogP contribution in [-0.4, -0.2) is 34.6 Å². The van der Waals surface area contributed by atoms with Crippen molar-refractivity contribution in [1.29, 1.82) is 0 Å². The minimum Gasteiger partial charge on any atom is -0.475 e. The van der Waals surface area contributed by atoms with Crippen LogP contribution in [0.4, 0.5) is 35.1 Å². The van der Waals surface area contributed by atoms with E-state index in [4.69, 9.17) is 5.11 Å². The van der Waals surface area contributed by atoms with Crippen molar-refractivity contribution in [3.63, 3.8) is 0 Å². The molecular formula is C5HClF8O3. The number of hydrogen-bond donors (Lipinski definition) is 1. The van der Waals surface area contributed by atoms with Gasteiger partial charge in [-0.25, -0.2) is 4.79 Å². The molecule has 0 rings (SSSR count). The number of halogens is 9. The standard InChI is InChI=1S/C5HClF8O3/c6-4(10,11)3(9,5(12,13)14)17-2(7,8)1(15)16/h(H,15,16). The summed E-state index contributed by atoms with van der Waals surface area (Å²) in [6, 6.07) is 0. The molecule has 0 heterocycles. The van der Waals surface area contributed by atoms with Crippen molar-refractivity contribution in [1.82, 2.24) is 0 Å². The Bertz CT molecular complexity index is 293. The fourth-order valence-corrected chi connectivity index (χ4v) is 0.642. The van der Waals surface area contributed by atoms with Crippen molar-refractivity contribution in [2.75, 3.05) is 0 Å². The van der Waals surface area contributed by atoms with Gasteiger partial charge in [-0.2, -0.15) is 35.1 Å². The van der Waals surface area contributed by atoms with E-state index in [0.717, 1.165) is 0 Å². The van der Waals surface area contributed by atoms with Crippen molar-refractivity contribution < 1.29 is 49.8 Å². The second kappa shape index (κ2) is 4.12. The molecule has 0 aliphatic heterocycles. The molecule has 1 atom stereocenters. The monoisotopic (exact) mass is 296 g/mol. The van der Waals surface area contributed by atoms with Crippen LogP contribution in [0.15, 0.2) is 0 Å². The summed E-state index contributed by atoms with van der Waals surface area (Å²) in [5, 5.41) is 1.68. The molecule has 0 aliphatic rings. The molecule has 1 N–H and O–H groups in total. The molecule has 12 heteroatoms. The Balaban J connectivity index is 5.49. The quantitative estimate of drug-likeness (QED) is 0.641. The van der Waals surface area contributed by atoms with Gasteiger partial charge < -0.3 is 5.11 Å². The van der Waals surface area contributed by atoms with Gasteiger partial charge in [0.2, 0.25) is 0 Å². The highest BCUT2D eigenvalue weighted by atomic mass is 35.5. The molecule has 102 valence electrons. The summed E-state index contributed by atoms with van der Waals surface area (Å²) in [7, 11) is 0. The van der Waals surface area contributed by atoms with Crippen LogP contribution in [0.5, 0.6) is 0 Å². The van der Waals surface area contributed by atoms with Gasteiger partial charge in [0.05, 0.1) is 0 Å². The molecule has 0 amide bonds. The van der Waals surface area contributed by atoms with E-state index in [1.165, 1.54) is 0 Å². The molecule has 1 unspecified atom stereocenters. The number of hydrogen-bond acceptors (Lipinski definition) is 2. The minimum absolute atomic E-state index is 2.01. The van der Waals surface area contributed by atoms with Gasteiger partial charge >= 0.3 is 29.5 Å². The predicted molar refractivity (Wildman–Crippen MR) is 34.4 cm³/mol. The lowest BCUT2D eigenvalue weighted by molar-refractivity contribution is -0.435. The summed E-state index contributed by atoms with van der Waals surface area (Å²) in [4.78, 5) is 9.66. The Hall–Kier alpha value is -0.840. The fourth-order valence-electron chi connectivity index (χ4n) is 0.497. The van der Waals surface area contributed by atoms with E-state index in [0.29, 0.717) is 0 Å². The highest BCUT2D eigenvalue weighted by molar-refractivity contribution is 6.22. The van der Waals surface area contributed by atoms with Gasteiger partial charge in [-0.15, -0.1) is 0 Å². The Morgan fingerprint density at radius 2 is 1.35 bits per heavy atom. The van der Waals surface area contributed by atoms with E-state index >= 15 is 0 Å². The van der Waals surface area contributed by atoms with Gasteiger partial charge in [-0.3, -0.25) is 4.74 Å². The molecule has 0 spiro atoms. The largest absolute Gasteiger partial charge is 0.475 e. The van der Waals surface area contributed by atoms with Crippen molar-refractivity contribution >= 4 is 17.6 Å². The SMILES string of the molecule is O=C(O)C(F)(F)OC(F)(C(F)(F)F)C(F)(F)Cl. The number of rotatable bonds is 4. The average Bonchev–Trinajstić information content (AvgIpc) is 1.98. The molecular weight excluding hydrogens is 295 g/mol. The fraction of sp³-hybridized carbons (Fsp3) is 0.800. The average molecular weight is 296 g/mol. The molecule has 0 aliphatic carbocycles. The number of carboxylic acid groups (broad SMARTS) is 1. The van der Waals surface area contributed by atoms with Gasteiger partial charge in [0.25, 0.3) is 0 Å². The summed E-state index contributed by atoms with van der Waals surface area (Å²) >= 11 is 3.66. The molecule has 0 aromatic heterocycles. The predicted octanol–water partition coefficient (Wildman–Crippen LogP) is 2.74. The summed E-state index contributed by atoms with van der Waals surface area (Å²) in [6.07, 6.45) is -12.5. The normalized spacial score (nSPS) is 17.7. The van der Waals surface area contributed by atoms with E-state index in [-0.39, 0.29) is 0 Å². The van der Waals surface area contributed by atoms with E-state index in [2.05, 4.69) is 11.6 Å². The first-order valence-electron chi connectivity index (χ1n) is 3.29. The highest BCUT2D eigenvalue weighted by Crippen LogP contribution is 2.50. The molecule has 0 fully saturated rings. The minimum atomic E-state index is -6.68. The molecule has 0 bridgehead atoms. The van der Waals surface area contributed by atoms with Crippen LogP contribution in [-0.2, 0) is 9.53 Å². The van der Waals surface area contributed by atoms with Gasteiger partial charge in [0, 0.05) is 0 Å². The first kappa shape index (κ1) is 16.2. The summed E-state index contributed by atoms with van der Waals surface area (Å²) in [5.41, 5.74) is 0. The third-order valence-electron chi connectivity index (χ3n) is 1.25. The van der Waals surface area contributed by atoms with Gasteiger partial charge in [0.15, 0.2) is 0 Å². The zero-order chi connectivity index (χ0) is 14.3. The third-order valence-corrected chi connectivity index (χ3v) is 1.49. The van der Waals surface area contributed by atoms with Gasteiger partial charge in [0.1, 0.15) is 0 Å². The van der Waals surface area contributed by atoms with Crippen molar-refractivity contribution in [2.24, 2.45) is 0 Å². The zero-order valence-corrected chi connectivity index (χ0v) is 7.92. The number of carboxylic acids is 1. The molecule has 0 radical (unpaired) electrons. The summed E-state index contributed by atoms with van der Waals surface area (Å²) in [6.45, 7) is 0. The second-order valence-electron chi connectivity index (χ2n) is 2.51. The topological polar surface area (TPSA) is 46.5 Å². The van der Waals surface area contributed by atoms with Crippen molar-refractivity contribution in [2.45, 2.75) is 23.5 Å². The van der Waals surface area contributed by atoms with Crippen LogP contribution in [0.3, 0.4) is 0 Å². The molecule has 3 nitrogen and oxygen atoms in total. The molecule has 0 aromatic rings. The van der Waals surface area contributed by atoms with Crippen LogP contribution in [0.2, 0.25) is 0 Å².